The molecule has 1 aromatic rings. The van der Waals surface area contributed by atoms with Crippen molar-refractivity contribution >= 4 is 29.6 Å². The molecule has 4 nitrogen and oxygen atoms in total. The Morgan fingerprint density at radius 1 is 1.33 bits per heavy atom. The predicted octanol–water partition coefficient (Wildman–Crippen LogP) is 0.229. The highest BCUT2D eigenvalue weighted by atomic mass is 32.1. The zero-order chi connectivity index (χ0) is 12.7. The van der Waals surface area contributed by atoms with Crippen LogP contribution in [0.5, 0.6) is 0 Å². The summed E-state index contributed by atoms with van der Waals surface area (Å²) in [5.41, 5.74) is 0.711. The van der Waals surface area contributed by atoms with Gasteiger partial charge in [-0.05, 0) is 25.7 Å². The molecule has 1 saturated heterocycles. The van der Waals surface area contributed by atoms with Crippen LogP contribution in [-0.4, -0.2) is 9.86 Å². The Morgan fingerprint density at radius 3 is 2.83 bits per heavy atom. The van der Waals surface area contributed by atoms with Gasteiger partial charge in [0.2, 0.25) is 5.91 Å². The summed E-state index contributed by atoms with van der Waals surface area (Å²) < 4.78 is 2.62. The SMILES string of the molecule is C=C1CCC(n2sc3c(c2=O)=CCCC=3)C(=O)N1. The number of allylic oxidation sites excluding steroid dienone is 1. The van der Waals surface area contributed by atoms with Crippen LogP contribution < -0.4 is 20.6 Å². The number of piperidine rings is 1. The summed E-state index contributed by atoms with van der Waals surface area (Å²) in [6.45, 7) is 3.75. The molecular weight excluding hydrogens is 248 g/mol. The first-order chi connectivity index (χ1) is 8.66. The molecule has 1 amide bonds. The Labute approximate surface area is 108 Å². The molecule has 1 aliphatic carbocycles. The number of aromatic nitrogens is 1. The summed E-state index contributed by atoms with van der Waals surface area (Å²) in [4.78, 5) is 24.2. The molecule has 1 atom stereocenters. The third kappa shape index (κ3) is 1.75. The number of nitrogens with one attached hydrogen (secondary N) is 1. The smallest absolute Gasteiger partial charge is 0.268 e. The van der Waals surface area contributed by atoms with Crippen LogP contribution in [0.2, 0.25) is 0 Å². The van der Waals surface area contributed by atoms with E-state index in [-0.39, 0.29) is 17.5 Å². The molecule has 3 rings (SSSR count). The molecule has 2 aliphatic rings. The lowest BCUT2D eigenvalue weighted by atomic mass is 10.1. The van der Waals surface area contributed by atoms with Gasteiger partial charge in [0.1, 0.15) is 6.04 Å². The molecule has 2 heterocycles. The lowest BCUT2D eigenvalue weighted by Crippen LogP contribution is -2.42. The van der Waals surface area contributed by atoms with E-state index in [0.717, 1.165) is 34.7 Å². The number of rotatable bonds is 1. The Hall–Kier alpha value is -1.62. The fourth-order valence-electron chi connectivity index (χ4n) is 2.39. The molecule has 1 aromatic heterocycles. The third-order valence-corrected chi connectivity index (χ3v) is 4.54. The second-order valence-corrected chi connectivity index (χ2v) is 5.65. The van der Waals surface area contributed by atoms with Gasteiger partial charge in [0.05, 0.1) is 9.75 Å². The van der Waals surface area contributed by atoms with Crippen LogP contribution in [0.4, 0.5) is 0 Å². The fourth-order valence-corrected chi connectivity index (χ4v) is 3.57. The molecule has 0 aromatic carbocycles. The van der Waals surface area contributed by atoms with E-state index in [1.54, 1.807) is 3.96 Å². The average Bonchev–Trinajstić information content (AvgIpc) is 2.68. The Kier molecular flexibility index (Phi) is 2.70. The normalized spacial score (nSPS) is 22.8. The molecule has 0 radical (unpaired) electrons. The van der Waals surface area contributed by atoms with Gasteiger partial charge in [0.25, 0.3) is 5.56 Å². The molecule has 0 bridgehead atoms. The quantitative estimate of drug-likeness (QED) is 0.787. The number of hydrogen-bond acceptors (Lipinski definition) is 3. The van der Waals surface area contributed by atoms with Crippen LogP contribution in [0.1, 0.15) is 31.7 Å². The Balaban J connectivity index is 2.09. The summed E-state index contributed by atoms with van der Waals surface area (Å²) in [5.74, 6) is -0.119. The highest BCUT2D eigenvalue weighted by Crippen LogP contribution is 2.20. The summed E-state index contributed by atoms with van der Waals surface area (Å²) in [5, 5.41) is 3.50. The maximum Gasteiger partial charge on any atom is 0.268 e. The van der Waals surface area contributed by atoms with Gasteiger partial charge in [-0.25, -0.2) is 0 Å². The maximum atomic E-state index is 12.3. The summed E-state index contributed by atoms with van der Waals surface area (Å²) in [6.07, 6.45) is 7.33. The lowest BCUT2D eigenvalue weighted by molar-refractivity contribution is -0.124. The fraction of sp³-hybridized carbons (Fsp3) is 0.385. The van der Waals surface area contributed by atoms with E-state index in [9.17, 15) is 9.59 Å². The molecular formula is C13H14N2O2S. The van der Waals surface area contributed by atoms with Crippen molar-refractivity contribution in [3.05, 3.63) is 32.4 Å². The van der Waals surface area contributed by atoms with Gasteiger partial charge in [0, 0.05) is 5.70 Å². The summed E-state index contributed by atoms with van der Waals surface area (Å²) in [6, 6.07) is -0.375. The number of carbonyl (C=O) groups is 1. The zero-order valence-electron chi connectivity index (χ0n) is 9.94. The lowest BCUT2D eigenvalue weighted by Gasteiger charge is -2.23. The van der Waals surface area contributed by atoms with E-state index in [1.165, 1.54) is 11.5 Å². The molecule has 0 spiro atoms. The van der Waals surface area contributed by atoms with Crippen LogP contribution in [0.25, 0.3) is 12.2 Å². The minimum atomic E-state index is -0.375. The molecule has 5 heteroatoms. The van der Waals surface area contributed by atoms with Gasteiger partial charge in [-0.15, -0.1) is 0 Å². The van der Waals surface area contributed by atoms with Crippen LogP contribution in [0, 0.1) is 0 Å². The van der Waals surface area contributed by atoms with Crippen LogP contribution in [0.3, 0.4) is 0 Å². The van der Waals surface area contributed by atoms with Gasteiger partial charge in [-0.3, -0.25) is 13.5 Å². The molecule has 1 aliphatic heterocycles. The molecule has 0 saturated carbocycles. The van der Waals surface area contributed by atoms with E-state index >= 15 is 0 Å². The van der Waals surface area contributed by atoms with E-state index in [0.29, 0.717) is 6.42 Å². The van der Waals surface area contributed by atoms with Crippen molar-refractivity contribution < 1.29 is 4.79 Å². The second kappa shape index (κ2) is 4.24. The van der Waals surface area contributed by atoms with Crippen molar-refractivity contribution in [3.8, 4) is 0 Å². The van der Waals surface area contributed by atoms with Gasteiger partial charge in [0.15, 0.2) is 0 Å². The van der Waals surface area contributed by atoms with Crippen molar-refractivity contribution in [2.75, 3.05) is 0 Å². The average molecular weight is 262 g/mol. The molecule has 94 valence electrons. The minimum absolute atomic E-state index is 0.0291. The van der Waals surface area contributed by atoms with E-state index in [1.807, 2.05) is 6.08 Å². The number of amides is 1. The Bertz CT molecular complexity index is 696. The predicted molar refractivity (Wildman–Crippen MR) is 71.5 cm³/mol. The van der Waals surface area contributed by atoms with Gasteiger partial charge in [-0.1, -0.05) is 30.3 Å². The molecule has 18 heavy (non-hydrogen) atoms. The largest absolute Gasteiger partial charge is 0.329 e. The molecule has 1 unspecified atom stereocenters. The van der Waals surface area contributed by atoms with Crippen molar-refractivity contribution in [2.24, 2.45) is 0 Å². The van der Waals surface area contributed by atoms with Crippen LogP contribution in [0.15, 0.2) is 17.1 Å². The van der Waals surface area contributed by atoms with Crippen LogP contribution >= 0.6 is 11.5 Å². The first kappa shape index (κ1) is 11.5. The summed E-state index contributed by atoms with van der Waals surface area (Å²) in [7, 11) is 0. The first-order valence-electron chi connectivity index (χ1n) is 6.07. The summed E-state index contributed by atoms with van der Waals surface area (Å²) >= 11 is 1.40. The standard InChI is InChI=1S/C13H14N2O2S/c1-8-6-7-10(12(16)14-8)15-13(17)9-4-2-3-5-11(9)18-15/h4-5,10H,1-3,6-7H2,(H,14,16). The number of hydrogen-bond donors (Lipinski definition) is 1. The van der Waals surface area contributed by atoms with Crippen molar-refractivity contribution in [1.29, 1.82) is 0 Å². The highest BCUT2D eigenvalue weighted by Gasteiger charge is 2.27. The number of carbonyl (C=O) groups excluding carboxylic acids is 1. The first-order valence-corrected chi connectivity index (χ1v) is 6.85. The molecule has 1 N–H and O–H groups in total. The van der Waals surface area contributed by atoms with Gasteiger partial charge < -0.3 is 5.32 Å². The second-order valence-electron chi connectivity index (χ2n) is 4.63. The van der Waals surface area contributed by atoms with Gasteiger partial charge >= 0.3 is 0 Å². The van der Waals surface area contributed by atoms with Gasteiger partial charge in [-0.2, -0.15) is 0 Å². The molecule has 1 fully saturated rings. The Morgan fingerprint density at radius 2 is 2.11 bits per heavy atom. The minimum Gasteiger partial charge on any atom is -0.329 e. The third-order valence-electron chi connectivity index (χ3n) is 3.34. The number of nitrogens with zero attached hydrogens (tertiary/aromatic N) is 1. The van der Waals surface area contributed by atoms with Crippen molar-refractivity contribution in [3.63, 3.8) is 0 Å². The van der Waals surface area contributed by atoms with Crippen molar-refractivity contribution in [1.82, 2.24) is 9.27 Å². The topological polar surface area (TPSA) is 51.1 Å². The van der Waals surface area contributed by atoms with E-state index < -0.39 is 0 Å². The number of fused-ring (bicyclic) bond motifs is 1. The van der Waals surface area contributed by atoms with Crippen molar-refractivity contribution in [2.45, 2.75) is 31.7 Å². The highest BCUT2D eigenvalue weighted by molar-refractivity contribution is 7.04. The van der Waals surface area contributed by atoms with Crippen LogP contribution in [-0.2, 0) is 4.79 Å². The monoisotopic (exact) mass is 262 g/mol. The van der Waals surface area contributed by atoms with E-state index in [4.69, 9.17) is 0 Å². The maximum absolute atomic E-state index is 12.3. The van der Waals surface area contributed by atoms with E-state index in [2.05, 4.69) is 18.0 Å². The zero-order valence-corrected chi connectivity index (χ0v) is 10.8.